The number of rotatable bonds is 7. The molecule has 8 heteroatoms. The van der Waals surface area contributed by atoms with E-state index in [2.05, 4.69) is 4.57 Å². The summed E-state index contributed by atoms with van der Waals surface area (Å²) in [7, 11) is 1.62. The van der Waals surface area contributed by atoms with Gasteiger partial charge in [0.1, 0.15) is 12.3 Å². The predicted molar refractivity (Wildman–Crippen MR) is 120 cm³/mol. The number of methoxy groups -OCH3 is 1. The Hall–Kier alpha value is -3.00. The summed E-state index contributed by atoms with van der Waals surface area (Å²) < 4.78 is 12.5. The minimum atomic E-state index is -0.587. The summed E-state index contributed by atoms with van der Waals surface area (Å²) in [5, 5.41) is -0.471. The summed E-state index contributed by atoms with van der Waals surface area (Å²) in [4.78, 5) is 38.3. The number of esters is 1. The van der Waals surface area contributed by atoms with Gasteiger partial charge in [0, 0.05) is 17.1 Å². The van der Waals surface area contributed by atoms with Crippen molar-refractivity contribution >= 4 is 35.0 Å². The maximum absolute atomic E-state index is 12.7. The van der Waals surface area contributed by atoms with E-state index in [0.29, 0.717) is 6.42 Å². The third-order valence-electron chi connectivity index (χ3n) is 5.16. The number of ether oxygens (including phenoxy) is 2. The molecular formula is C23H26N2O5S. The highest BCUT2D eigenvalue weighted by atomic mass is 32.2. The second kappa shape index (κ2) is 9.43. The van der Waals surface area contributed by atoms with Gasteiger partial charge in [0.05, 0.1) is 18.1 Å². The lowest BCUT2D eigenvalue weighted by Gasteiger charge is -2.14. The van der Waals surface area contributed by atoms with Crippen molar-refractivity contribution in [3.8, 4) is 11.4 Å². The first kappa shape index (κ1) is 22.7. The Bertz CT molecular complexity index is 1040. The first-order valence-electron chi connectivity index (χ1n) is 10.0. The van der Waals surface area contributed by atoms with Gasteiger partial charge in [0.15, 0.2) is 0 Å². The first-order valence-corrected chi connectivity index (χ1v) is 10.8. The molecule has 1 fully saturated rings. The molecule has 1 atom stereocenters. The van der Waals surface area contributed by atoms with Crippen LogP contribution in [0.2, 0.25) is 0 Å². The minimum Gasteiger partial charge on any atom is -0.497 e. The van der Waals surface area contributed by atoms with Crippen LogP contribution in [0, 0.1) is 13.8 Å². The van der Waals surface area contributed by atoms with E-state index in [1.165, 1.54) is 0 Å². The van der Waals surface area contributed by atoms with Crippen molar-refractivity contribution in [1.29, 1.82) is 0 Å². The number of thioether (sulfide) groups is 1. The summed E-state index contributed by atoms with van der Waals surface area (Å²) in [6.45, 7) is 7.21. The Morgan fingerprint density at radius 3 is 2.48 bits per heavy atom. The van der Waals surface area contributed by atoms with E-state index in [-0.39, 0.29) is 17.6 Å². The number of hydrogen-bond donors (Lipinski definition) is 0. The van der Waals surface area contributed by atoms with Gasteiger partial charge in [-0.2, -0.15) is 0 Å². The van der Waals surface area contributed by atoms with E-state index in [9.17, 15) is 14.4 Å². The van der Waals surface area contributed by atoms with E-state index in [1.54, 1.807) is 20.1 Å². The lowest BCUT2D eigenvalue weighted by Crippen LogP contribution is -2.35. The lowest BCUT2D eigenvalue weighted by atomic mass is 10.2. The molecule has 0 aliphatic carbocycles. The number of nitrogens with zero attached hydrogens (tertiary/aromatic N) is 2. The molecule has 1 aromatic carbocycles. The second-order valence-electron chi connectivity index (χ2n) is 7.34. The van der Waals surface area contributed by atoms with Gasteiger partial charge in [-0.3, -0.25) is 19.3 Å². The predicted octanol–water partition coefficient (Wildman–Crippen LogP) is 4.48. The van der Waals surface area contributed by atoms with Crippen molar-refractivity contribution in [1.82, 2.24) is 9.47 Å². The third kappa shape index (κ3) is 4.85. The zero-order chi connectivity index (χ0) is 22.7. The van der Waals surface area contributed by atoms with Gasteiger partial charge in [-0.15, -0.1) is 0 Å². The second-order valence-corrected chi connectivity index (χ2v) is 8.33. The largest absolute Gasteiger partial charge is 0.497 e. The van der Waals surface area contributed by atoms with Crippen LogP contribution >= 0.6 is 11.8 Å². The molecule has 2 aromatic rings. The highest BCUT2D eigenvalue weighted by molar-refractivity contribution is 8.18. The fourth-order valence-corrected chi connectivity index (χ4v) is 4.14. The molecule has 1 saturated heterocycles. The number of hydrogen-bond acceptors (Lipinski definition) is 6. The maximum atomic E-state index is 12.7. The average molecular weight is 443 g/mol. The van der Waals surface area contributed by atoms with Crippen LogP contribution in [0.4, 0.5) is 4.79 Å². The number of imide groups is 1. The highest BCUT2D eigenvalue weighted by Gasteiger charge is 2.37. The number of aryl methyl sites for hydroxylation is 1. The molecular weight excluding hydrogens is 416 g/mol. The van der Waals surface area contributed by atoms with E-state index in [1.807, 2.05) is 51.1 Å². The summed E-state index contributed by atoms with van der Waals surface area (Å²) >= 11 is 0.833. The number of carbonyl (C=O) groups is 3. The molecule has 0 unspecified atom stereocenters. The first-order chi connectivity index (χ1) is 14.7. The van der Waals surface area contributed by atoms with Crippen LogP contribution in [0.3, 0.4) is 0 Å². The SMILES string of the molecule is CC[C@H](C)OC(=O)CN1C(=O)S/C(=C\c2cc(C)n(-c3ccc(OC)cc3)c2C)C1=O. The Morgan fingerprint density at radius 2 is 1.87 bits per heavy atom. The molecule has 164 valence electrons. The molecule has 1 aliphatic rings. The zero-order valence-corrected chi connectivity index (χ0v) is 19.1. The average Bonchev–Trinajstić information content (AvgIpc) is 3.17. The number of benzene rings is 1. The number of amides is 2. The van der Waals surface area contributed by atoms with Crippen LogP contribution in [0.15, 0.2) is 35.2 Å². The smallest absolute Gasteiger partial charge is 0.326 e. The van der Waals surface area contributed by atoms with E-state index >= 15 is 0 Å². The normalized spacial score (nSPS) is 16.2. The number of aromatic nitrogens is 1. The summed E-state index contributed by atoms with van der Waals surface area (Å²) in [5.41, 5.74) is 3.73. The van der Waals surface area contributed by atoms with Crippen LogP contribution in [0.5, 0.6) is 5.75 Å². The molecule has 2 heterocycles. The molecule has 0 radical (unpaired) electrons. The van der Waals surface area contributed by atoms with E-state index < -0.39 is 17.1 Å². The van der Waals surface area contributed by atoms with Gasteiger partial charge >= 0.3 is 5.97 Å². The van der Waals surface area contributed by atoms with E-state index in [0.717, 1.165) is 45.1 Å². The Morgan fingerprint density at radius 1 is 1.19 bits per heavy atom. The van der Waals surface area contributed by atoms with Crippen molar-refractivity contribution in [2.24, 2.45) is 0 Å². The third-order valence-corrected chi connectivity index (χ3v) is 6.06. The molecule has 7 nitrogen and oxygen atoms in total. The van der Waals surface area contributed by atoms with Crippen LogP contribution in [-0.4, -0.2) is 46.3 Å². The molecule has 2 amide bonds. The summed E-state index contributed by atoms with van der Waals surface area (Å²) in [5.74, 6) is -0.298. The molecule has 0 N–H and O–H groups in total. The Kier molecular flexibility index (Phi) is 6.90. The maximum Gasteiger partial charge on any atom is 0.326 e. The van der Waals surface area contributed by atoms with Crippen molar-refractivity contribution in [3.05, 3.63) is 52.2 Å². The number of carbonyl (C=O) groups excluding carboxylic acids is 3. The zero-order valence-electron chi connectivity index (χ0n) is 18.3. The van der Waals surface area contributed by atoms with Crippen LogP contribution in [-0.2, 0) is 14.3 Å². The van der Waals surface area contributed by atoms with Gasteiger partial charge < -0.3 is 14.0 Å². The molecule has 1 aliphatic heterocycles. The minimum absolute atomic E-state index is 0.258. The summed E-state index contributed by atoms with van der Waals surface area (Å²) in [6.07, 6.45) is 2.11. The standard InChI is InChI=1S/C23H26N2O5S/c1-6-15(3)30-21(26)13-24-22(27)20(31-23(24)28)12-17-11-14(2)25(16(17)4)18-7-9-19(29-5)10-8-18/h7-12,15H,6,13H2,1-5H3/b20-12-/t15-/m0/s1. The van der Waals surface area contributed by atoms with Gasteiger partial charge in [-0.1, -0.05) is 6.92 Å². The van der Waals surface area contributed by atoms with Crippen LogP contribution < -0.4 is 4.74 Å². The topological polar surface area (TPSA) is 77.8 Å². The molecule has 3 rings (SSSR count). The summed E-state index contributed by atoms with van der Waals surface area (Å²) in [6, 6.07) is 9.65. The highest BCUT2D eigenvalue weighted by Crippen LogP contribution is 2.34. The van der Waals surface area contributed by atoms with E-state index in [4.69, 9.17) is 9.47 Å². The van der Waals surface area contributed by atoms with Crippen molar-refractivity contribution in [2.75, 3.05) is 13.7 Å². The Balaban J connectivity index is 1.83. The van der Waals surface area contributed by atoms with Gasteiger partial charge in [-0.05, 0) is 80.9 Å². The van der Waals surface area contributed by atoms with Gasteiger partial charge in [0.25, 0.3) is 11.1 Å². The molecule has 31 heavy (non-hydrogen) atoms. The van der Waals surface area contributed by atoms with Gasteiger partial charge in [-0.25, -0.2) is 0 Å². The molecule has 0 spiro atoms. The molecule has 0 bridgehead atoms. The fourth-order valence-electron chi connectivity index (χ4n) is 3.31. The van der Waals surface area contributed by atoms with Crippen molar-refractivity contribution < 1.29 is 23.9 Å². The monoisotopic (exact) mass is 442 g/mol. The molecule has 1 aromatic heterocycles. The fraction of sp³-hybridized carbons (Fsp3) is 0.348. The lowest BCUT2D eigenvalue weighted by molar-refractivity contribution is -0.150. The van der Waals surface area contributed by atoms with Crippen molar-refractivity contribution in [3.63, 3.8) is 0 Å². The molecule has 0 saturated carbocycles. The van der Waals surface area contributed by atoms with Gasteiger partial charge in [0.2, 0.25) is 0 Å². The Labute approximate surface area is 186 Å². The van der Waals surface area contributed by atoms with Crippen molar-refractivity contribution in [2.45, 2.75) is 40.2 Å². The van der Waals surface area contributed by atoms with Crippen LogP contribution in [0.1, 0.15) is 37.2 Å². The quantitative estimate of drug-likeness (QED) is 0.465. The van der Waals surface area contributed by atoms with Crippen LogP contribution in [0.25, 0.3) is 11.8 Å².